The lowest BCUT2D eigenvalue weighted by molar-refractivity contribution is 0.0696. The van der Waals surface area contributed by atoms with Gasteiger partial charge in [-0.25, -0.2) is 4.79 Å². The molecule has 0 bridgehead atoms. The van der Waals surface area contributed by atoms with Gasteiger partial charge >= 0.3 is 5.97 Å². The number of benzene rings is 2. The van der Waals surface area contributed by atoms with E-state index in [1.807, 2.05) is 12.3 Å². The third-order valence-electron chi connectivity index (χ3n) is 5.90. The van der Waals surface area contributed by atoms with Crippen LogP contribution in [0.15, 0.2) is 35.3 Å². The van der Waals surface area contributed by atoms with Crippen LogP contribution in [0.3, 0.4) is 0 Å². The van der Waals surface area contributed by atoms with Crippen LogP contribution in [0.1, 0.15) is 65.7 Å². The Morgan fingerprint density at radius 2 is 2.00 bits per heavy atom. The third-order valence-corrected chi connectivity index (χ3v) is 5.90. The van der Waals surface area contributed by atoms with Crippen molar-refractivity contribution in [1.29, 1.82) is 0 Å². The minimum atomic E-state index is -0.922. The zero-order valence-electron chi connectivity index (χ0n) is 17.0. The van der Waals surface area contributed by atoms with Gasteiger partial charge in [-0.1, -0.05) is 13.0 Å². The molecule has 0 aliphatic carbocycles. The van der Waals surface area contributed by atoms with Gasteiger partial charge in [0, 0.05) is 24.5 Å². The number of nitrogens with zero attached hydrogens (tertiary/aromatic N) is 2. The Labute approximate surface area is 161 Å². The molecule has 0 aromatic heterocycles. The molecule has 0 radical (unpaired) electrons. The molecule has 1 heterocycles. The summed E-state index contributed by atoms with van der Waals surface area (Å²) in [5.41, 5.74) is 6.70. The Kier molecular flexibility index (Phi) is 4.85. The SMILES string of the molecule is Cc1cc2c(cc1C=Nc1cccc(C(=O)O)c1C)C(C)CC(C)(C)N2C. The highest BCUT2D eigenvalue weighted by Gasteiger charge is 2.34. The van der Waals surface area contributed by atoms with Crippen molar-refractivity contribution in [2.75, 3.05) is 11.9 Å². The molecule has 1 unspecified atom stereocenters. The summed E-state index contributed by atoms with van der Waals surface area (Å²) in [7, 11) is 2.17. The maximum absolute atomic E-state index is 11.3. The first-order valence-electron chi connectivity index (χ1n) is 9.37. The molecule has 3 rings (SSSR count). The van der Waals surface area contributed by atoms with Crippen LogP contribution in [0.2, 0.25) is 0 Å². The fourth-order valence-corrected chi connectivity index (χ4v) is 4.01. The molecule has 2 aromatic carbocycles. The number of aromatic carboxylic acids is 1. The van der Waals surface area contributed by atoms with Crippen molar-refractivity contribution in [1.82, 2.24) is 0 Å². The van der Waals surface area contributed by atoms with E-state index >= 15 is 0 Å². The topological polar surface area (TPSA) is 52.9 Å². The number of aryl methyl sites for hydroxylation is 1. The number of aliphatic imine (C=N–C) groups is 1. The van der Waals surface area contributed by atoms with Crippen LogP contribution in [0.25, 0.3) is 0 Å². The van der Waals surface area contributed by atoms with Crippen LogP contribution in [-0.4, -0.2) is 29.9 Å². The molecule has 27 heavy (non-hydrogen) atoms. The predicted octanol–water partition coefficient (Wildman–Crippen LogP) is 5.47. The number of carboxylic acids is 1. The van der Waals surface area contributed by atoms with Gasteiger partial charge < -0.3 is 10.0 Å². The summed E-state index contributed by atoms with van der Waals surface area (Å²) >= 11 is 0. The molecule has 0 saturated carbocycles. The van der Waals surface area contributed by atoms with Gasteiger partial charge in [0.25, 0.3) is 0 Å². The van der Waals surface area contributed by atoms with Crippen molar-refractivity contribution in [2.45, 2.75) is 52.5 Å². The molecule has 1 atom stereocenters. The van der Waals surface area contributed by atoms with Crippen molar-refractivity contribution in [3.63, 3.8) is 0 Å². The Bertz CT molecular complexity index is 928. The summed E-state index contributed by atoms with van der Waals surface area (Å²) in [6.45, 7) is 10.8. The standard InChI is InChI=1S/C23H28N2O2/c1-14-10-21-19(15(2)12-23(4,5)25(21)6)11-17(14)13-24-20-9-7-8-18(16(20)3)22(26)27/h7-11,13,15H,12H2,1-6H3,(H,26,27). The molecule has 142 valence electrons. The fraction of sp³-hybridized carbons (Fsp3) is 0.391. The number of rotatable bonds is 3. The van der Waals surface area contributed by atoms with Crippen LogP contribution in [0, 0.1) is 13.8 Å². The second kappa shape index (κ2) is 6.84. The van der Waals surface area contributed by atoms with Crippen molar-refractivity contribution < 1.29 is 9.90 Å². The van der Waals surface area contributed by atoms with Crippen LogP contribution >= 0.6 is 0 Å². The molecule has 1 N–H and O–H groups in total. The first kappa shape index (κ1) is 19.2. The highest BCUT2D eigenvalue weighted by Crippen LogP contribution is 2.43. The molecule has 0 fully saturated rings. The van der Waals surface area contributed by atoms with Gasteiger partial charge in [-0.05, 0) is 86.6 Å². The Hall–Kier alpha value is -2.62. The number of anilines is 1. The molecule has 2 aromatic rings. The molecule has 4 heteroatoms. The number of fused-ring (bicyclic) bond motifs is 1. The van der Waals surface area contributed by atoms with E-state index in [-0.39, 0.29) is 5.54 Å². The third kappa shape index (κ3) is 3.48. The van der Waals surface area contributed by atoms with Gasteiger partial charge in [0.1, 0.15) is 0 Å². The lowest BCUT2D eigenvalue weighted by Crippen LogP contribution is -2.45. The van der Waals surface area contributed by atoms with E-state index in [0.717, 1.165) is 12.0 Å². The number of carbonyl (C=O) groups is 1. The second-order valence-electron chi connectivity index (χ2n) is 8.26. The van der Waals surface area contributed by atoms with Gasteiger partial charge in [0.15, 0.2) is 0 Å². The van der Waals surface area contributed by atoms with Gasteiger partial charge in [-0.15, -0.1) is 0 Å². The van der Waals surface area contributed by atoms with Gasteiger partial charge in [0.2, 0.25) is 0 Å². The normalized spacial score (nSPS) is 18.6. The molecule has 0 amide bonds. The van der Waals surface area contributed by atoms with Crippen molar-refractivity contribution >= 4 is 23.6 Å². The summed E-state index contributed by atoms with van der Waals surface area (Å²) in [4.78, 5) is 18.3. The summed E-state index contributed by atoms with van der Waals surface area (Å²) < 4.78 is 0. The highest BCUT2D eigenvalue weighted by molar-refractivity contribution is 5.92. The van der Waals surface area contributed by atoms with Crippen molar-refractivity contribution in [3.8, 4) is 0 Å². The van der Waals surface area contributed by atoms with Crippen molar-refractivity contribution in [3.05, 3.63) is 58.1 Å². The lowest BCUT2D eigenvalue weighted by Gasteiger charge is -2.45. The van der Waals surface area contributed by atoms with E-state index in [1.165, 1.54) is 16.8 Å². The number of hydrogen-bond donors (Lipinski definition) is 1. The lowest BCUT2D eigenvalue weighted by atomic mass is 9.79. The maximum atomic E-state index is 11.3. The van der Waals surface area contributed by atoms with Crippen LogP contribution in [0.4, 0.5) is 11.4 Å². The molecule has 4 nitrogen and oxygen atoms in total. The van der Waals surface area contributed by atoms with E-state index in [1.54, 1.807) is 19.1 Å². The first-order chi connectivity index (χ1) is 12.6. The fourth-order valence-electron chi connectivity index (χ4n) is 4.01. The smallest absolute Gasteiger partial charge is 0.336 e. The summed E-state index contributed by atoms with van der Waals surface area (Å²) in [6.07, 6.45) is 2.96. The minimum Gasteiger partial charge on any atom is -0.478 e. The molecular weight excluding hydrogens is 336 g/mol. The van der Waals surface area contributed by atoms with Gasteiger partial charge in [-0.2, -0.15) is 0 Å². The average Bonchev–Trinajstić information content (AvgIpc) is 2.59. The Morgan fingerprint density at radius 3 is 2.67 bits per heavy atom. The average molecular weight is 364 g/mol. The highest BCUT2D eigenvalue weighted by atomic mass is 16.4. The van der Waals surface area contributed by atoms with Gasteiger partial charge in [0.05, 0.1) is 11.3 Å². The minimum absolute atomic E-state index is 0.142. The van der Waals surface area contributed by atoms with E-state index in [2.05, 4.69) is 56.8 Å². The van der Waals surface area contributed by atoms with Crippen LogP contribution in [0.5, 0.6) is 0 Å². The molecule has 0 spiro atoms. The zero-order chi connectivity index (χ0) is 19.9. The quantitative estimate of drug-likeness (QED) is 0.734. The monoisotopic (exact) mass is 364 g/mol. The zero-order valence-corrected chi connectivity index (χ0v) is 17.0. The molecule has 1 aliphatic heterocycles. The largest absolute Gasteiger partial charge is 0.478 e. The van der Waals surface area contributed by atoms with E-state index in [0.29, 0.717) is 22.7 Å². The van der Waals surface area contributed by atoms with Crippen molar-refractivity contribution in [2.24, 2.45) is 4.99 Å². The molecular formula is C23H28N2O2. The van der Waals surface area contributed by atoms with E-state index in [4.69, 9.17) is 0 Å². The van der Waals surface area contributed by atoms with E-state index in [9.17, 15) is 9.90 Å². The molecule has 0 saturated heterocycles. The van der Waals surface area contributed by atoms with Crippen LogP contribution < -0.4 is 4.90 Å². The van der Waals surface area contributed by atoms with Gasteiger partial charge in [-0.3, -0.25) is 4.99 Å². The summed E-state index contributed by atoms with van der Waals surface area (Å²) in [5.74, 6) is -0.440. The first-order valence-corrected chi connectivity index (χ1v) is 9.37. The Morgan fingerprint density at radius 1 is 1.30 bits per heavy atom. The summed E-state index contributed by atoms with van der Waals surface area (Å²) in [6, 6.07) is 9.68. The Balaban J connectivity index is 2.01. The summed E-state index contributed by atoms with van der Waals surface area (Å²) in [5, 5.41) is 9.29. The predicted molar refractivity (Wildman–Crippen MR) is 112 cm³/mol. The number of hydrogen-bond acceptors (Lipinski definition) is 3. The second-order valence-corrected chi connectivity index (χ2v) is 8.26. The number of carboxylic acid groups (broad SMARTS) is 1. The molecule has 1 aliphatic rings. The van der Waals surface area contributed by atoms with E-state index < -0.39 is 5.97 Å². The van der Waals surface area contributed by atoms with Crippen LogP contribution in [-0.2, 0) is 0 Å². The maximum Gasteiger partial charge on any atom is 0.336 e.